The quantitative estimate of drug-likeness (QED) is 0.174. The van der Waals surface area contributed by atoms with Crippen molar-refractivity contribution in [2.45, 2.75) is 13.1 Å². The minimum absolute atomic E-state index is 0.249. The van der Waals surface area contributed by atoms with Crippen LogP contribution in [0.15, 0.2) is 168 Å². The van der Waals surface area contributed by atoms with Crippen molar-refractivity contribution in [3.63, 3.8) is 0 Å². The second-order valence-corrected chi connectivity index (χ2v) is 14.9. The zero-order valence-electron chi connectivity index (χ0n) is 32.6. The smallest absolute Gasteiger partial charge is 0.277 e. The van der Waals surface area contributed by atoms with Crippen LogP contribution in [0.4, 0.5) is 0 Å². The number of benzene rings is 4. The van der Waals surface area contributed by atoms with Gasteiger partial charge in [0.25, 0.3) is 11.1 Å². The third kappa shape index (κ3) is 5.71. The third-order valence-corrected chi connectivity index (χ3v) is 11.5. The van der Waals surface area contributed by atoms with Crippen molar-refractivity contribution in [3.8, 4) is 56.2 Å². The molecule has 292 valence electrons. The molecule has 0 aliphatic carbocycles. The van der Waals surface area contributed by atoms with Crippen LogP contribution >= 0.6 is 0 Å². The van der Waals surface area contributed by atoms with E-state index in [9.17, 15) is 0 Å². The average Bonchev–Trinajstić information content (AvgIpc) is 3.81. The van der Waals surface area contributed by atoms with Gasteiger partial charge in [-0.25, -0.2) is 9.97 Å². The maximum atomic E-state index is 15.4. The van der Waals surface area contributed by atoms with Crippen LogP contribution in [0.1, 0.15) is 0 Å². The third-order valence-electron chi connectivity index (χ3n) is 11.5. The summed E-state index contributed by atoms with van der Waals surface area (Å²) in [5.74, 6) is 0. The Hall–Kier alpha value is -7.40. The van der Waals surface area contributed by atoms with Crippen LogP contribution < -0.4 is 11.1 Å². The zero-order chi connectivity index (χ0) is 40.2. The average molecular weight is 787 g/mol. The normalized spacial score (nSPS) is 13.6. The first-order valence-corrected chi connectivity index (χ1v) is 20.2. The predicted molar refractivity (Wildman–Crippen MR) is 236 cm³/mol. The molecule has 10 aromatic rings. The molecule has 7 heterocycles. The zero-order valence-corrected chi connectivity index (χ0v) is 32.6. The highest BCUT2D eigenvalue weighted by Crippen LogP contribution is 2.50. The first-order chi connectivity index (χ1) is 29.7. The van der Waals surface area contributed by atoms with Crippen molar-refractivity contribution in [2.24, 2.45) is 0 Å². The molecule has 1 aliphatic heterocycles. The Morgan fingerprint density at radius 1 is 0.400 bits per heavy atom. The highest BCUT2D eigenvalue weighted by molar-refractivity contribution is 6.09. The van der Waals surface area contributed by atoms with Crippen LogP contribution in [0, 0.1) is 0 Å². The van der Waals surface area contributed by atoms with E-state index >= 15 is 9.59 Å². The van der Waals surface area contributed by atoms with Gasteiger partial charge in [-0.15, -0.1) is 0 Å². The van der Waals surface area contributed by atoms with Crippen LogP contribution in [-0.2, 0) is 22.6 Å². The number of para-hydroxylation sites is 4. The molecule has 60 heavy (non-hydrogen) atoms. The summed E-state index contributed by atoms with van der Waals surface area (Å²) in [4.78, 5) is 41.3. The molecule has 4 bridgehead atoms. The van der Waals surface area contributed by atoms with Crippen molar-refractivity contribution >= 4 is 33.1 Å². The molecule has 6 aromatic heterocycles. The minimum atomic E-state index is -0.249. The SMILES string of the molecule is O=c1c2nc3ccccc3n1CCOCCOCCn1c(=O)c(nc3ccccc31)-c1c(-c3ccccc3)c3ccccn3c1-c1c-2c(-c2ccccc2)c2ccccn12. The first kappa shape index (κ1) is 35.7. The van der Waals surface area contributed by atoms with Crippen molar-refractivity contribution in [1.82, 2.24) is 27.9 Å². The van der Waals surface area contributed by atoms with E-state index < -0.39 is 0 Å². The topological polar surface area (TPSA) is 97.1 Å². The van der Waals surface area contributed by atoms with Gasteiger partial charge in [0.1, 0.15) is 11.4 Å². The lowest BCUT2D eigenvalue weighted by Crippen LogP contribution is -2.27. The summed E-state index contributed by atoms with van der Waals surface area (Å²) in [5.41, 5.74) is 10.9. The highest BCUT2D eigenvalue weighted by atomic mass is 16.5. The number of nitrogens with zero attached hydrogens (tertiary/aromatic N) is 6. The molecule has 0 fully saturated rings. The molecular formula is C50H38N6O4. The van der Waals surface area contributed by atoms with E-state index in [1.165, 1.54) is 0 Å². The van der Waals surface area contributed by atoms with Gasteiger partial charge >= 0.3 is 0 Å². The van der Waals surface area contributed by atoms with E-state index in [0.717, 1.165) is 33.3 Å². The lowest BCUT2D eigenvalue weighted by molar-refractivity contribution is 0.0422. The summed E-state index contributed by atoms with van der Waals surface area (Å²) in [5, 5.41) is 0. The van der Waals surface area contributed by atoms with Crippen LogP contribution in [0.3, 0.4) is 0 Å². The number of hydrogen-bond acceptors (Lipinski definition) is 6. The van der Waals surface area contributed by atoms with E-state index in [2.05, 4.69) is 45.2 Å². The maximum Gasteiger partial charge on any atom is 0.277 e. The molecule has 10 nitrogen and oxygen atoms in total. The molecule has 1 aliphatic rings. The Morgan fingerprint density at radius 2 is 0.783 bits per heavy atom. The monoisotopic (exact) mass is 786 g/mol. The van der Waals surface area contributed by atoms with Gasteiger partial charge < -0.3 is 27.4 Å². The number of fused-ring (bicyclic) bond motifs is 17. The first-order valence-electron chi connectivity index (χ1n) is 20.2. The maximum absolute atomic E-state index is 15.4. The highest BCUT2D eigenvalue weighted by Gasteiger charge is 2.33. The molecule has 0 atom stereocenters. The van der Waals surface area contributed by atoms with E-state index in [1.54, 1.807) is 9.13 Å². The van der Waals surface area contributed by atoms with Gasteiger partial charge in [0.05, 0.1) is 70.9 Å². The summed E-state index contributed by atoms with van der Waals surface area (Å²) in [6.07, 6.45) is 4.05. The number of pyridine rings is 2. The molecule has 4 aromatic carbocycles. The van der Waals surface area contributed by atoms with Gasteiger partial charge in [-0.2, -0.15) is 0 Å². The second-order valence-electron chi connectivity index (χ2n) is 14.9. The molecular weight excluding hydrogens is 749 g/mol. The van der Waals surface area contributed by atoms with Crippen LogP contribution in [-0.4, -0.2) is 54.3 Å². The van der Waals surface area contributed by atoms with E-state index in [1.807, 2.05) is 122 Å². The fourth-order valence-corrected chi connectivity index (χ4v) is 8.93. The molecule has 0 unspecified atom stereocenters. The van der Waals surface area contributed by atoms with Gasteiger partial charge in [0.15, 0.2) is 0 Å². The van der Waals surface area contributed by atoms with Crippen molar-refractivity contribution in [3.05, 3.63) is 179 Å². The van der Waals surface area contributed by atoms with E-state index in [4.69, 9.17) is 19.4 Å². The summed E-state index contributed by atoms with van der Waals surface area (Å²) in [6.45, 7) is 1.86. The standard InChI is InChI=1S/C50H38N6O4/c57-49-45-43-41(33-15-3-1-4-16-33)39-23-11-13-25-53(39)47(43)48-44(42(34-17-5-2-6-18-34)40-24-12-14-26-54(40)48)46-50(58)56(38-22-10-8-20-36(38)52-46)28-30-60-32-31-59-29-27-55(49)37-21-9-7-19-35(37)51-45/h1-26H,27-32H2. The largest absolute Gasteiger partial charge is 0.377 e. The van der Waals surface area contributed by atoms with Gasteiger partial charge in [-0.1, -0.05) is 97.1 Å². The Bertz CT molecular complexity index is 3160. The van der Waals surface area contributed by atoms with E-state index in [-0.39, 0.29) is 22.5 Å². The summed E-state index contributed by atoms with van der Waals surface area (Å²) in [6, 6.07) is 47.9. The fourth-order valence-electron chi connectivity index (χ4n) is 8.93. The van der Waals surface area contributed by atoms with E-state index in [0.29, 0.717) is 84.1 Å². The second kappa shape index (κ2) is 14.8. The van der Waals surface area contributed by atoms with Gasteiger partial charge in [0, 0.05) is 47.7 Å². The van der Waals surface area contributed by atoms with Crippen molar-refractivity contribution in [1.29, 1.82) is 0 Å². The molecule has 0 spiro atoms. The molecule has 0 saturated carbocycles. The predicted octanol–water partition coefficient (Wildman–Crippen LogP) is 8.99. The van der Waals surface area contributed by atoms with Crippen LogP contribution in [0.2, 0.25) is 0 Å². The number of rotatable bonds is 2. The van der Waals surface area contributed by atoms with Crippen molar-refractivity contribution < 1.29 is 9.47 Å². The Balaban J connectivity index is 1.39. The summed E-state index contributed by atoms with van der Waals surface area (Å²) < 4.78 is 20.0. The molecule has 0 saturated heterocycles. The molecule has 11 rings (SSSR count). The van der Waals surface area contributed by atoms with Gasteiger partial charge in [-0.05, 0) is 59.7 Å². The summed E-state index contributed by atoms with van der Waals surface area (Å²) in [7, 11) is 0. The van der Waals surface area contributed by atoms with Crippen LogP contribution in [0.5, 0.6) is 0 Å². The Kier molecular flexibility index (Phi) is 8.79. The van der Waals surface area contributed by atoms with Crippen LogP contribution in [0.25, 0.3) is 89.3 Å². The molecule has 0 N–H and O–H groups in total. The van der Waals surface area contributed by atoms with Gasteiger partial charge in [-0.3, -0.25) is 9.59 Å². The van der Waals surface area contributed by atoms with Crippen molar-refractivity contribution in [2.75, 3.05) is 26.4 Å². The van der Waals surface area contributed by atoms with Gasteiger partial charge in [0.2, 0.25) is 0 Å². The number of ether oxygens (including phenoxy) is 2. The molecule has 10 heteroatoms. The molecule has 0 radical (unpaired) electrons. The Labute approximate surface area is 343 Å². The molecule has 0 amide bonds. The number of hydrogen-bond donors (Lipinski definition) is 0. The fraction of sp³-hybridized carbons (Fsp3) is 0.120. The lowest BCUT2D eigenvalue weighted by Gasteiger charge is -2.17. The summed E-state index contributed by atoms with van der Waals surface area (Å²) >= 11 is 0. The minimum Gasteiger partial charge on any atom is -0.377 e. The Morgan fingerprint density at radius 3 is 1.23 bits per heavy atom. The lowest BCUT2D eigenvalue weighted by atomic mass is 9.94. The number of aromatic nitrogens is 6.